The van der Waals surface area contributed by atoms with Crippen molar-refractivity contribution < 1.29 is 0 Å². The van der Waals surface area contributed by atoms with E-state index in [1.54, 1.807) is 11.3 Å². The molecule has 0 aliphatic heterocycles. The molecular formula is C18H15N3OS2. The van der Waals surface area contributed by atoms with Gasteiger partial charge in [-0.2, -0.15) is 11.3 Å². The number of fused-ring (bicyclic) bond motifs is 1. The molecule has 0 aliphatic rings. The van der Waals surface area contributed by atoms with E-state index in [0.29, 0.717) is 17.1 Å². The third kappa shape index (κ3) is 3.11. The van der Waals surface area contributed by atoms with E-state index in [0.717, 1.165) is 17.7 Å². The molecule has 0 fully saturated rings. The van der Waals surface area contributed by atoms with Gasteiger partial charge in [0.05, 0.1) is 12.1 Å². The van der Waals surface area contributed by atoms with Crippen molar-refractivity contribution in [2.24, 2.45) is 0 Å². The van der Waals surface area contributed by atoms with Crippen molar-refractivity contribution in [1.82, 2.24) is 9.97 Å². The number of thiophene rings is 2. The molecule has 4 rings (SSSR count). The summed E-state index contributed by atoms with van der Waals surface area (Å²) in [5.41, 5.74) is 3.07. The highest BCUT2D eigenvalue weighted by atomic mass is 32.1. The van der Waals surface area contributed by atoms with Crippen molar-refractivity contribution in [1.29, 1.82) is 0 Å². The van der Waals surface area contributed by atoms with E-state index >= 15 is 0 Å². The lowest BCUT2D eigenvalue weighted by atomic mass is 10.2. The van der Waals surface area contributed by atoms with E-state index in [-0.39, 0.29) is 5.56 Å². The third-order valence-electron chi connectivity index (χ3n) is 3.78. The fourth-order valence-electron chi connectivity index (χ4n) is 2.66. The number of hydrogen-bond acceptors (Lipinski definition) is 5. The topological polar surface area (TPSA) is 49.0 Å². The number of benzene rings is 1. The largest absolute Gasteiger partial charge is 0.360 e. The molecule has 1 N–H and O–H groups in total. The highest BCUT2D eigenvalue weighted by molar-refractivity contribution is 7.17. The molecule has 0 spiro atoms. The van der Waals surface area contributed by atoms with Gasteiger partial charge in [0.25, 0.3) is 5.56 Å². The van der Waals surface area contributed by atoms with Gasteiger partial charge in [-0.15, -0.1) is 11.3 Å². The van der Waals surface area contributed by atoms with Crippen LogP contribution in [-0.2, 0) is 13.1 Å². The first-order chi connectivity index (χ1) is 11.8. The molecule has 4 aromatic rings. The van der Waals surface area contributed by atoms with Crippen molar-refractivity contribution in [3.63, 3.8) is 0 Å². The second-order valence-corrected chi connectivity index (χ2v) is 7.17. The van der Waals surface area contributed by atoms with Gasteiger partial charge in [0.2, 0.25) is 0 Å². The predicted molar refractivity (Wildman–Crippen MR) is 101 cm³/mol. The van der Waals surface area contributed by atoms with Crippen LogP contribution in [-0.4, -0.2) is 9.97 Å². The van der Waals surface area contributed by atoms with E-state index in [1.807, 2.05) is 29.6 Å². The minimum atomic E-state index is -0.0615. The molecule has 6 heteroatoms. The van der Waals surface area contributed by atoms with Crippen LogP contribution in [0.3, 0.4) is 0 Å². The lowest BCUT2D eigenvalue weighted by Crippen LogP contribution is -2.24. The monoisotopic (exact) mass is 353 g/mol. The maximum absolute atomic E-state index is 12.2. The van der Waals surface area contributed by atoms with Crippen LogP contribution in [0.2, 0.25) is 0 Å². The van der Waals surface area contributed by atoms with Crippen molar-refractivity contribution in [2.75, 3.05) is 4.90 Å². The first-order valence-corrected chi connectivity index (χ1v) is 9.39. The van der Waals surface area contributed by atoms with Crippen LogP contribution in [0.4, 0.5) is 5.69 Å². The Balaban J connectivity index is 1.68. The lowest BCUT2D eigenvalue weighted by Gasteiger charge is -2.24. The molecule has 0 unspecified atom stereocenters. The summed E-state index contributed by atoms with van der Waals surface area (Å²) in [5, 5.41) is 6.13. The maximum Gasteiger partial charge on any atom is 0.268 e. The SMILES string of the molecule is O=c1[nH]c(CN(Cc2ccsc2)c2ccccc2)nc2ccsc12. The first kappa shape index (κ1) is 15.1. The summed E-state index contributed by atoms with van der Waals surface area (Å²) >= 11 is 3.11. The van der Waals surface area contributed by atoms with Gasteiger partial charge in [-0.3, -0.25) is 4.79 Å². The minimum absolute atomic E-state index is 0.0615. The number of rotatable bonds is 5. The number of hydrogen-bond donors (Lipinski definition) is 1. The van der Waals surface area contributed by atoms with Crippen LogP contribution in [0.1, 0.15) is 11.4 Å². The second kappa shape index (κ2) is 6.59. The number of nitrogens with zero attached hydrogens (tertiary/aromatic N) is 2. The Morgan fingerprint density at radius 1 is 1.04 bits per heavy atom. The Morgan fingerprint density at radius 2 is 1.92 bits per heavy atom. The standard InChI is InChI=1S/C18H15N3OS2/c22-18-17-15(7-9-24-17)19-16(20-18)11-21(10-13-6-8-23-12-13)14-4-2-1-3-5-14/h1-9,12H,10-11H2,(H,19,20,22). The molecule has 24 heavy (non-hydrogen) atoms. The van der Waals surface area contributed by atoms with Gasteiger partial charge >= 0.3 is 0 Å². The van der Waals surface area contributed by atoms with Crippen LogP contribution in [0.15, 0.2) is 63.4 Å². The maximum atomic E-state index is 12.2. The normalized spacial score (nSPS) is 11.0. The first-order valence-electron chi connectivity index (χ1n) is 7.57. The molecule has 0 saturated carbocycles. The molecule has 120 valence electrons. The van der Waals surface area contributed by atoms with Crippen molar-refractivity contribution in [3.05, 3.63) is 80.3 Å². The fraction of sp³-hybridized carbons (Fsp3) is 0.111. The van der Waals surface area contributed by atoms with E-state index in [4.69, 9.17) is 0 Å². The molecule has 1 aromatic carbocycles. The average Bonchev–Trinajstić information content (AvgIpc) is 3.27. The van der Waals surface area contributed by atoms with E-state index in [1.165, 1.54) is 16.9 Å². The summed E-state index contributed by atoms with van der Waals surface area (Å²) in [5.74, 6) is 0.685. The van der Waals surface area contributed by atoms with Crippen molar-refractivity contribution in [2.45, 2.75) is 13.1 Å². The summed E-state index contributed by atoms with van der Waals surface area (Å²) in [6.07, 6.45) is 0. The highest BCUT2D eigenvalue weighted by Gasteiger charge is 2.12. The van der Waals surface area contributed by atoms with Gasteiger partial charge in [0, 0.05) is 12.2 Å². The van der Waals surface area contributed by atoms with Crippen molar-refractivity contribution in [3.8, 4) is 0 Å². The summed E-state index contributed by atoms with van der Waals surface area (Å²) in [6, 6.07) is 14.2. The zero-order valence-electron chi connectivity index (χ0n) is 12.8. The minimum Gasteiger partial charge on any atom is -0.360 e. The zero-order valence-corrected chi connectivity index (χ0v) is 14.4. The molecule has 0 aliphatic carbocycles. The predicted octanol–water partition coefficient (Wildman–Crippen LogP) is 4.25. The second-order valence-electron chi connectivity index (χ2n) is 5.47. The van der Waals surface area contributed by atoms with Crippen LogP contribution in [0.25, 0.3) is 10.2 Å². The van der Waals surface area contributed by atoms with Gasteiger partial charge in [-0.25, -0.2) is 4.98 Å². The van der Waals surface area contributed by atoms with Gasteiger partial charge in [-0.1, -0.05) is 18.2 Å². The summed E-state index contributed by atoms with van der Waals surface area (Å²) in [6.45, 7) is 1.33. The summed E-state index contributed by atoms with van der Waals surface area (Å²) in [7, 11) is 0. The molecule has 0 radical (unpaired) electrons. The van der Waals surface area contributed by atoms with Crippen LogP contribution in [0, 0.1) is 0 Å². The molecule has 4 nitrogen and oxygen atoms in total. The Morgan fingerprint density at radius 3 is 2.71 bits per heavy atom. The quantitative estimate of drug-likeness (QED) is 0.583. The summed E-state index contributed by atoms with van der Waals surface area (Å²) < 4.78 is 0.683. The van der Waals surface area contributed by atoms with Gasteiger partial charge in [0.15, 0.2) is 0 Å². The van der Waals surface area contributed by atoms with Crippen molar-refractivity contribution >= 4 is 38.6 Å². The number of aromatic amines is 1. The Kier molecular flexibility index (Phi) is 4.15. The third-order valence-corrected chi connectivity index (χ3v) is 5.41. The molecule has 0 saturated heterocycles. The smallest absolute Gasteiger partial charge is 0.268 e. The van der Waals surface area contributed by atoms with E-state index < -0.39 is 0 Å². The fourth-order valence-corrected chi connectivity index (χ4v) is 4.04. The van der Waals surface area contributed by atoms with Gasteiger partial charge in [-0.05, 0) is 46.0 Å². The van der Waals surface area contributed by atoms with Crippen LogP contribution >= 0.6 is 22.7 Å². The molecular weight excluding hydrogens is 338 g/mol. The Hall–Kier alpha value is -2.44. The van der Waals surface area contributed by atoms with Gasteiger partial charge < -0.3 is 9.88 Å². The Bertz CT molecular complexity index is 990. The molecule has 0 atom stereocenters. The average molecular weight is 353 g/mol. The van der Waals surface area contributed by atoms with Crippen LogP contribution < -0.4 is 10.5 Å². The zero-order chi connectivity index (χ0) is 16.4. The molecule has 3 heterocycles. The summed E-state index contributed by atoms with van der Waals surface area (Å²) in [4.78, 5) is 21.9. The molecule has 3 aromatic heterocycles. The van der Waals surface area contributed by atoms with E-state index in [9.17, 15) is 4.79 Å². The molecule has 0 bridgehead atoms. The number of anilines is 1. The Labute approximate surface area is 147 Å². The lowest BCUT2D eigenvalue weighted by molar-refractivity contribution is 0.759. The van der Waals surface area contributed by atoms with Crippen LogP contribution in [0.5, 0.6) is 0 Å². The number of aromatic nitrogens is 2. The number of nitrogens with one attached hydrogen (secondary N) is 1. The number of para-hydroxylation sites is 1. The highest BCUT2D eigenvalue weighted by Crippen LogP contribution is 2.21. The molecule has 0 amide bonds. The van der Waals surface area contributed by atoms with E-state index in [2.05, 4.69) is 43.8 Å². The van der Waals surface area contributed by atoms with Gasteiger partial charge in [0.1, 0.15) is 10.5 Å². The number of H-pyrrole nitrogens is 1.